The summed E-state index contributed by atoms with van der Waals surface area (Å²) < 4.78 is 5.68. The lowest BCUT2D eigenvalue weighted by Crippen LogP contribution is -2.42. The average molecular weight is 326 g/mol. The molecule has 0 radical (unpaired) electrons. The molecule has 3 rings (SSSR count). The monoisotopic (exact) mass is 326 g/mol. The smallest absolute Gasteiger partial charge is 0.254 e. The van der Waals surface area contributed by atoms with Crippen LogP contribution in [0.1, 0.15) is 30.1 Å². The van der Waals surface area contributed by atoms with Gasteiger partial charge in [0.1, 0.15) is 5.75 Å². The highest BCUT2D eigenvalue weighted by molar-refractivity contribution is 5.94. The quantitative estimate of drug-likeness (QED) is 0.883. The molecular weight excluding hydrogens is 304 g/mol. The highest BCUT2D eigenvalue weighted by atomic mass is 16.5. The van der Waals surface area contributed by atoms with Gasteiger partial charge < -0.3 is 15.0 Å². The van der Waals surface area contributed by atoms with E-state index < -0.39 is 0 Å². The normalized spacial score (nSPS) is 16.8. The third-order valence-corrected chi connectivity index (χ3v) is 4.04. The molecule has 24 heavy (non-hydrogen) atoms. The first-order chi connectivity index (χ1) is 11.8. The van der Waals surface area contributed by atoms with Crippen molar-refractivity contribution in [3.8, 4) is 11.6 Å². The number of rotatable bonds is 6. The maximum Gasteiger partial charge on any atom is 0.254 e. The van der Waals surface area contributed by atoms with E-state index in [1.807, 2.05) is 23.1 Å². The Labute approximate surface area is 141 Å². The van der Waals surface area contributed by atoms with Crippen LogP contribution in [-0.4, -0.2) is 46.5 Å². The standard InChI is InChI=1S/C18H22N4O2/c1-2-10-22(15-6-7-19-12-15)18(23)14-4-3-5-16(11-14)24-17-13-20-8-9-21-17/h3-5,8-9,11,13,15,19H,2,6-7,10,12H2,1H3. The number of amides is 1. The number of carbonyl (C=O) groups excluding carboxylic acids is 1. The van der Waals surface area contributed by atoms with Crippen LogP contribution in [0.25, 0.3) is 0 Å². The van der Waals surface area contributed by atoms with Gasteiger partial charge in [-0.25, -0.2) is 4.98 Å². The third-order valence-electron chi connectivity index (χ3n) is 4.04. The van der Waals surface area contributed by atoms with Crippen molar-refractivity contribution in [2.75, 3.05) is 19.6 Å². The SMILES string of the molecule is CCCN(C(=O)c1cccc(Oc2cnccn2)c1)C1CCNC1. The molecule has 0 bridgehead atoms. The van der Waals surface area contributed by atoms with Gasteiger partial charge in [-0.2, -0.15) is 0 Å². The fraction of sp³-hybridized carbons (Fsp3) is 0.389. The fourth-order valence-electron chi connectivity index (χ4n) is 2.91. The van der Waals surface area contributed by atoms with Crippen LogP contribution in [0.3, 0.4) is 0 Å². The number of aromatic nitrogens is 2. The van der Waals surface area contributed by atoms with Gasteiger partial charge in [0.15, 0.2) is 0 Å². The average Bonchev–Trinajstić information content (AvgIpc) is 3.14. The van der Waals surface area contributed by atoms with Crippen molar-refractivity contribution < 1.29 is 9.53 Å². The van der Waals surface area contributed by atoms with E-state index in [1.165, 1.54) is 0 Å². The zero-order chi connectivity index (χ0) is 16.8. The van der Waals surface area contributed by atoms with E-state index in [0.717, 1.165) is 32.5 Å². The Hall–Kier alpha value is -2.47. The van der Waals surface area contributed by atoms with Gasteiger partial charge in [0.05, 0.1) is 6.20 Å². The Balaban J connectivity index is 1.77. The Morgan fingerprint density at radius 3 is 3.04 bits per heavy atom. The maximum absolute atomic E-state index is 12.9. The molecule has 2 aromatic rings. The number of nitrogens with zero attached hydrogens (tertiary/aromatic N) is 3. The van der Waals surface area contributed by atoms with Gasteiger partial charge >= 0.3 is 0 Å². The van der Waals surface area contributed by atoms with E-state index in [0.29, 0.717) is 17.2 Å². The first-order valence-electron chi connectivity index (χ1n) is 8.33. The second-order valence-electron chi connectivity index (χ2n) is 5.82. The molecule has 0 spiro atoms. The lowest BCUT2D eigenvalue weighted by atomic mass is 10.1. The lowest BCUT2D eigenvalue weighted by molar-refractivity contribution is 0.0692. The number of carbonyl (C=O) groups is 1. The van der Waals surface area contributed by atoms with E-state index in [9.17, 15) is 4.79 Å². The summed E-state index contributed by atoms with van der Waals surface area (Å²) in [5, 5.41) is 3.33. The van der Waals surface area contributed by atoms with Crippen LogP contribution in [0, 0.1) is 0 Å². The largest absolute Gasteiger partial charge is 0.437 e. The molecule has 126 valence electrons. The molecule has 0 saturated carbocycles. The van der Waals surface area contributed by atoms with E-state index >= 15 is 0 Å². The minimum atomic E-state index is 0.0511. The van der Waals surface area contributed by atoms with Crippen LogP contribution in [0.2, 0.25) is 0 Å². The first-order valence-corrected chi connectivity index (χ1v) is 8.33. The van der Waals surface area contributed by atoms with Crippen molar-refractivity contribution in [1.82, 2.24) is 20.2 Å². The number of benzene rings is 1. The zero-order valence-corrected chi connectivity index (χ0v) is 13.8. The molecule has 6 nitrogen and oxygen atoms in total. The van der Waals surface area contributed by atoms with Crippen molar-refractivity contribution in [3.63, 3.8) is 0 Å². The van der Waals surface area contributed by atoms with Crippen molar-refractivity contribution in [2.24, 2.45) is 0 Å². The minimum Gasteiger partial charge on any atom is -0.437 e. The van der Waals surface area contributed by atoms with E-state index in [-0.39, 0.29) is 11.9 Å². The lowest BCUT2D eigenvalue weighted by Gasteiger charge is -2.28. The Morgan fingerprint density at radius 1 is 1.42 bits per heavy atom. The van der Waals surface area contributed by atoms with Gasteiger partial charge in [0.25, 0.3) is 5.91 Å². The van der Waals surface area contributed by atoms with E-state index in [1.54, 1.807) is 24.7 Å². The first kappa shape index (κ1) is 16.4. The summed E-state index contributed by atoms with van der Waals surface area (Å²) in [5.74, 6) is 1.05. The summed E-state index contributed by atoms with van der Waals surface area (Å²) in [4.78, 5) is 23.0. The molecule has 1 unspecified atom stereocenters. The molecule has 1 aliphatic heterocycles. The van der Waals surface area contributed by atoms with E-state index in [2.05, 4.69) is 22.2 Å². The predicted octanol–water partition coefficient (Wildman–Crippen LogP) is 2.48. The van der Waals surface area contributed by atoms with E-state index in [4.69, 9.17) is 4.74 Å². The molecule has 6 heteroatoms. The number of hydrogen-bond acceptors (Lipinski definition) is 5. The van der Waals surface area contributed by atoms with Gasteiger partial charge in [-0.3, -0.25) is 9.78 Å². The molecule has 1 aromatic heterocycles. The summed E-state index contributed by atoms with van der Waals surface area (Å²) in [6.45, 7) is 4.69. The van der Waals surface area contributed by atoms with Crippen molar-refractivity contribution >= 4 is 5.91 Å². The van der Waals surface area contributed by atoms with Gasteiger partial charge in [0, 0.05) is 37.1 Å². The number of hydrogen-bond donors (Lipinski definition) is 1. The topological polar surface area (TPSA) is 67.4 Å². The number of nitrogens with one attached hydrogen (secondary N) is 1. The maximum atomic E-state index is 12.9. The molecule has 0 aliphatic carbocycles. The van der Waals surface area contributed by atoms with Crippen molar-refractivity contribution in [3.05, 3.63) is 48.4 Å². The Morgan fingerprint density at radius 2 is 2.33 bits per heavy atom. The van der Waals surface area contributed by atoms with Crippen LogP contribution in [0.15, 0.2) is 42.9 Å². The predicted molar refractivity (Wildman–Crippen MR) is 91.2 cm³/mol. The molecule has 1 N–H and O–H groups in total. The minimum absolute atomic E-state index is 0.0511. The second kappa shape index (κ2) is 7.88. The van der Waals surface area contributed by atoms with Gasteiger partial charge in [-0.15, -0.1) is 0 Å². The van der Waals surface area contributed by atoms with Crippen molar-refractivity contribution in [2.45, 2.75) is 25.8 Å². The summed E-state index contributed by atoms with van der Waals surface area (Å²) in [7, 11) is 0. The van der Waals surface area contributed by atoms with Crippen LogP contribution in [0.5, 0.6) is 11.6 Å². The van der Waals surface area contributed by atoms with Crippen LogP contribution >= 0.6 is 0 Å². The Kier molecular flexibility index (Phi) is 5.38. The summed E-state index contributed by atoms with van der Waals surface area (Å²) in [6, 6.07) is 7.50. The summed E-state index contributed by atoms with van der Waals surface area (Å²) >= 11 is 0. The van der Waals surface area contributed by atoms with Crippen molar-refractivity contribution in [1.29, 1.82) is 0 Å². The molecule has 1 amide bonds. The molecule has 1 atom stereocenters. The summed E-state index contributed by atoms with van der Waals surface area (Å²) in [5.41, 5.74) is 0.636. The molecule has 1 fully saturated rings. The third kappa shape index (κ3) is 3.89. The number of ether oxygens (including phenoxy) is 1. The molecule has 2 heterocycles. The zero-order valence-electron chi connectivity index (χ0n) is 13.8. The molecule has 1 aromatic carbocycles. The molecular formula is C18H22N4O2. The van der Waals surface area contributed by atoms with Gasteiger partial charge in [-0.05, 0) is 37.6 Å². The van der Waals surface area contributed by atoms with Crippen LogP contribution < -0.4 is 10.1 Å². The second-order valence-corrected chi connectivity index (χ2v) is 5.82. The van der Waals surface area contributed by atoms with Crippen LogP contribution in [0.4, 0.5) is 0 Å². The summed E-state index contributed by atoms with van der Waals surface area (Å²) in [6.07, 6.45) is 6.65. The molecule has 1 aliphatic rings. The Bertz CT molecular complexity index is 672. The van der Waals surface area contributed by atoms with Crippen LogP contribution in [-0.2, 0) is 0 Å². The highest BCUT2D eigenvalue weighted by Gasteiger charge is 2.26. The highest BCUT2D eigenvalue weighted by Crippen LogP contribution is 2.21. The fourth-order valence-corrected chi connectivity index (χ4v) is 2.91. The van der Waals surface area contributed by atoms with Gasteiger partial charge in [-0.1, -0.05) is 13.0 Å². The van der Waals surface area contributed by atoms with Gasteiger partial charge in [0.2, 0.25) is 5.88 Å². The molecule has 1 saturated heterocycles.